The number of para-hydroxylation sites is 2. The number of nitrogens with zero attached hydrogens (tertiary/aromatic N) is 1. The number of carbonyl (C=O) groups is 2. The zero-order valence-corrected chi connectivity index (χ0v) is 12.7. The fraction of sp³-hybridized carbons (Fsp3) is 0.222. The number of amides is 2. The van der Waals surface area contributed by atoms with E-state index in [1.807, 2.05) is 31.2 Å². The summed E-state index contributed by atoms with van der Waals surface area (Å²) in [5, 5.41) is 2.76. The van der Waals surface area contributed by atoms with Crippen LogP contribution in [0.4, 0.5) is 11.4 Å². The van der Waals surface area contributed by atoms with Gasteiger partial charge in [-0.3, -0.25) is 9.59 Å². The molecule has 1 atom stereocenters. The first-order chi connectivity index (χ1) is 11.1. The maximum absolute atomic E-state index is 13.1. The molecule has 5 heteroatoms. The standard InChI is InChI=1S/C18H16N2O3/c1-11-9-12-5-2-3-7-14(12)20(11)18(22)13-6-4-8-15-17(13)19-16(21)10-23-15/h2-8,11H,9-10H2,1H3,(H,19,21). The molecule has 1 unspecified atom stereocenters. The van der Waals surface area contributed by atoms with Crippen molar-refractivity contribution in [1.29, 1.82) is 0 Å². The Morgan fingerprint density at radius 1 is 1.22 bits per heavy atom. The molecule has 1 N–H and O–H groups in total. The van der Waals surface area contributed by atoms with Crippen molar-refractivity contribution in [3.63, 3.8) is 0 Å². The maximum Gasteiger partial charge on any atom is 0.262 e. The van der Waals surface area contributed by atoms with Gasteiger partial charge >= 0.3 is 0 Å². The van der Waals surface area contributed by atoms with Gasteiger partial charge in [-0.2, -0.15) is 0 Å². The monoisotopic (exact) mass is 308 g/mol. The maximum atomic E-state index is 13.1. The van der Waals surface area contributed by atoms with Crippen LogP contribution in [0.2, 0.25) is 0 Å². The zero-order valence-electron chi connectivity index (χ0n) is 12.7. The van der Waals surface area contributed by atoms with Crippen LogP contribution in [0.15, 0.2) is 42.5 Å². The average molecular weight is 308 g/mol. The molecule has 2 aliphatic heterocycles. The Bertz CT molecular complexity index is 816. The van der Waals surface area contributed by atoms with E-state index in [1.165, 1.54) is 5.56 Å². The third-order valence-electron chi connectivity index (χ3n) is 4.31. The quantitative estimate of drug-likeness (QED) is 0.881. The number of ether oxygens (including phenoxy) is 1. The van der Waals surface area contributed by atoms with Crippen LogP contribution >= 0.6 is 0 Å². The van der Waals surface area contributed by atoms with Crippen LogP contribution in [0.1, 0.15) is 22.8 Å². The number of anilines is 2. The predicted molar refractivity (Wildman–Crippen MR) is 87.0 cm³/mol. The summed E-state index contributed by atoms with van der Waals surface area (Å²) in [7, 11) is 0. The summed E-state index contributed by atoms with van der Waals surface area (Å²) in [4.78, 5) is 26.5. The molecule has 0 aromatic heterocycles. The van der Waals surface area contributed by atoms with Crippen LogP contribution in [0.25, 0.3) is 0 Å². The summed E-state index contributed by atoms with van der Waals surface area (Å²) in [5.74, 6) is 0.174. The molecule has 23 heavy (non-hydrogen) atoms. The number of carbonyl (C=O) groups excluding carboxylic acids is 2. The molecular formula is C18H16N2O3. The summed E-state index contributed by atoms with van der Waals surface area (Å²) in [6, 6.07) is 13.3. The molecule has 0 saturated carbocycles. The largest absolute Gasteiger partial charge is 0.482 e. The summed E-state index contributed by atoms with van der Waals surface area (Å²) >= 11 is 0. The average Bonchev–Trinajstić information content (AvgIpc) is 2.89. The van der Waals surface area contributed by atoms with E-state index >= 15 is 0 Å². The number of fused-ring (bicyclic) bond motifs is 2. The van der Waals surface area contributed by atoms with Crippen molar-refractivity contribution in [2.45, 2.75) is 19.4 Å². The van der Waals surface area contributed by atoms with Crippen LogP contribution < -0.4 is 15.0 Å². The highest BCUT2D eigenvalue weighted by molar-refractivity contribution is 6.14. The van der Waals surface area contributed by atoms with Gasteiger partial charge in [-0.15, -0.1) is 0 Å². The third kappa shape index (κ3) is 2.16. The fourth-order valence-corrected chi connectivity index (χ4v) is 3.28. The molecular weight excluding hydrogens is 292 g/mol. The lowest BCUT2D eigenvalue weighted by Crippen LogP contribution is -2.37. The molecule has 0 aliphatic carbocycles. The lowest BCUT2D eigenvalue weighted by atomic mass is 10.1. The van der Waals surface area contributed by atoms with Crippen molar-refractivity contribution in [2.75, 3.05) is 16.8 Å². The normalized spacial score (nSPS) is 18.7. The molecule has 4 rings (SSSR count). The second-order valence-corrected chi connectivity index (χ2v) is 5.87. The van der Waals surface area contributed by atoms with Crippen molar-refractivity contribution in [3.8, 4) is 5.75 Å². The lowest BCUT2D eigenvalue weighted by molar-refractivity contribution is -0.118. The molecule has 0 spiro atoms. The van der Waals surface area contributed by atoms with E-state index in [2.05, 4.69) is 5.32 Å². The Labute approximate surface area is 133 Å². The van der Waals surface area contributed by atoms with Crippen molar-refractivity contribution in [2.24, 2.45) is 0 Å². The van der Waals surface area contributed by atoms with Gasteiger partial charge in [0.1, 0.15) is 5.75 Å². The first kappa shape index (κ1) is 13.8. The minimum atomic E-state index is -0.243. The predicted octanol–water partition coefficient (Wildman–Crippen LogP) is 2.61. The molecule has 2 aromatic carbocycles. The number of nitrogens with one attached hydrogen (secondary N) is 1. The second kappa shape index (κ2) is 5.12. The topological polar surface area (TPSA) is 58.6 Å². The van der Waals surface area contributed by atoms with Crippen LogP contribution in [-0.2, 0) is 11.2 Å². The van der Waals surface area contributed by atoms with Gasteiger partial charge in [0, 0.05) is 11.7 Å². The van der Waals surface area contributed by atoms with E-state index in [0.717, 1.165) is 12.1 Å². The first-order valence-electron chi connectivity index (χ1n) is 7.62. The number of hydrogen-bond donors (Lipinski definition) is 1. The molecule has 0 saturated heterocycles. The minimum Gasteiger partial charge on any atom is -0.482 e. The van der Waals surface area contributed by atoms with Crippen molar-refractivity contribution >= 4 is 23.2 Å². The number of benzene rings is 2. The molecule has 5 nitrogen and oxygen atoms in total. The van der Waals surface area contributed by atoms with Crippen LogP contribution in [0, 0.1) is 0 Å². The summed E-state index contributed by atoms with van der Waals surface area (Å²) in [5.41, 5.74) is 3.02. The van der Waals surface area contributed by atoms with E-state index in [-0.39, 0.29) is 24.5 Å². The third-order valence-corrected chi connectivity index (χ3v) is 4.31. The molecule has 2 aliphatic rings. The van der Waals surface area contributed by atoms with Crippen LogP contribution in [-0.4, -0.2) is 24.5 Å². The summed E-state index contributed by atoms with van der Waals surface area (Å²) in [6.45, 7) is 2.01. The van der Waals surface area contributed by atoms with Gasteiger partial charge < -0.3 is 15.0 Å². The Hall–Kier alpha value is -2.82. The van der Waals surface area contributed by atoms with E-state index in [9.17, 15) is 9.59 Å². The molecule has 0 fully saturated rings. The highest BCUT2D eigenvalue weighted by Crippen LogP contribution is 2.37. The molecule has 2 aromatic rings. The van der Waals surface area contributed by atoms with Gasteiger partial charge in [0.05, 0.1) is 11.3 Å². The Kier molecular flexibility index (Phi) is 3.08. The van der Waals surface area contributed by atoms with Crippen LogP contribution in [0.5, 0.6) is 5.75 Å². The van der Waals surface area contributed by atoms with Crippen molar-refractivity contribution < 1.29 is 14.3 Å². The first-order valence-corrected chi connectivity index (χ1v) is 7.62. The van der Waals surface area contributed by atoms with E-state index in [1.54, 1.807) is 23.1 Å². The number of hydrogen-bond acceptors (Lipinski definition) is 3. The molecule has 0 bridgehead atoms. The highest BCUT2D eigenvalue weighted by atomic mass is 16.5. The van der Waals surface area contributed by atoms with Crippen LogP contribution in [0.3, 0.4) is 0 Å². The smallest absolute Gasteiger partial charge is 0.262 e. The molecule has 2 heterocycles. The van der Waals surface area contributed by atoms with E-state index in [0.29, 0.717) is 17.0 Å². The highest BCUT2D eigenvalue weighted by Gasteiger charge is 2.33. The Morgan fingerprint density at radius 3 is 2.91 bits per heavy atom. The van der Waals surface area contributed by atoms with E-state index < -0.39 is 0 Å². The van der Waals surface area contributed by atoms with Gasteiger partial charge in [0.15, 0.2) is 6.61 Å². The zero-order chi connectivity index (χ0) is 16.0. The SMILES string of the molecule is CC1Cc2ccccc2N1C(=O)c1cccc2c1NC(=O)CO2. The second-order valence-electron chi connectivity index (χ2n) is 5.87. The van der Waals surface area contributed by atoms with Gasteiger partial charge in [-0.25, -0.2) is 0 Å². The Balaban J connectivity index is 1.78. The number of rotatable bonds is 1. The molecule has 2 amide bonds. The summed E-state index contributed by atoms with van der Waals surface area (Å²) < 4.78 is 5.40. The summed E-state index contributed by atoms with van der Waals surface area (Å²) in [6.07, 6.45) is 0.833. The van der Waals surface area contributed by atoms with Gasteiger partial charge in [0.2, 0.25) is 0 Å². The fourth-order valence-electron chi connectivity index (χ4n) is 3.28. The minimum absolute atomic E-state index is 0.0202. The van der Waals surface area contributed by atoms with Crippen molar-refractivity contribution in [3.05, 3.63) is 53.6 Å². The van der Waals surface area contributed by atoms with Crippen molar-refractivity contribution in [1.82, 2.24) is 0 Å². The molecule has 0 radical (unpaired) electrons. The van der Waals surface area contributed by atoms with Gasteiger partial charge in [-0.05, 0) is 37.1 Å². The van der Waals surface area contributed by atoms with E-state index in [4.69, 9.17) is 4.74 Å². The lowest BCUT2D eigenvalue weighted by Gasteiger charge is -2.26. The van der Waals surface area contributed by atoms with Gasteiger partial charge in [-0.1, -0.05) is 24.3 Å². The van der Waals surface area contributed by atoms with Gasteiger partial charge in [0.25, 0.3) is 11.8 Å². The Morgan fingerprint density at radius 2 is 2.04 bits per heavy atom. The molecule has 116 valence electrons.